The molecule has 1 saturated carbocycles. The first-order valence-corrected chi connectivity index (χ1v) is 10.6. The summed E-state index contributed by atoms with van der Waals surface area (Å²) < 4.78 is 27.6. The Hall–Kier alpha value is -3.14. The molecule has 1 aliphatic carbocycles. The molecule has 1 aromatic carbocycles. The number of nitrogens with two attached hydrogens (primary N) is 1. The standard InChI is InChI=1S/C22H29FN4O5/c1-4-17(28)25-8-10-26(9-7-24)19-16(23)11-14-18(21(19)31-2)27(13-5-6-13)12-15(20(14)29)22(30)32-3/h11-13H,4-10,24H2,1-3H3,(H,25,28). The third-order valence-electron chi connectivity index (χ3n) is 5.49. The molecule has 1 amide bonds. The predicted molar refractivity (Wildman–Crippen MR) is 119 cm³/mol. The van der Waals surface area contributed by atoms with Crippen LogP contribution in [0.5, 0.6) is 5.75 Å². The molecule has 0 bridgehead atoms. The van der Waals surface area contributed by atoms with Crippen LogP contribution >= 0.6 is 0 Å². The lowest BCUT2D eigenvalue weighted by Crippen LogP contribution is -2.38. The van der Waals surface area contributed by atoms with Crippen LogP contribution < -0.4 is 26.1 Å². The number of pyridine rings is 1. The number of methoxy groups -OCH3 is 2. The number of amides is 1. The molecule has 9 nitrogen and oxygen atoms in total. The molecular formula is C22H29FN4O5. The topological polar surface area (TPSA) is 116 Å². The Kier molecular flexibility index (Phi) is 7.34. The molecule has 32 heavy (non-hydrogen) atoms. The van der Waals surface area contributed by atoms with Crippen LogP contribution in [0.2, 0.25) is 0 Å². The molecule has 0 spiro atoms. The van der Waals surface area contributed by atoms with Gasteiger partial charge in [-0.15, -0.1) is 0 Å². The summed E-state index contributed by atoms with van der Waals surface area (Å²) in [5.74, 6) is -1.37. The van der Waals surface area contributed by atoms with Crippen LogP contribution in [0.1, 0.15) is 42.6 Å². The highest BCUT2D eigenvalue weighted by molar-refractivity contribution is 5.97. The Morgan fingerprint density at radius 1 is 1.31 bits per heavy atom. The SMILES string of the molecule is CCC(=O)NCCN(CCN)c1c(F)cc2c(=O)c(C(=O)OC)cn(C3CC3)c2c1OC. The van der Waals surface area contributed by atoms with Crippen molar-refractivity contribution in [3.8, 4) is 5.75 Å². The third-order valence-corrected chi connectivity index (χ3v) is 5.49. The zero-order chi connectivity index (χ0) is 23.4. The lowest BCUT2D eigenvalue weighted by Gasteiger charge is -2.28. The molecule has 0 radical (unpaired) electrons. The molecule has 1 fully saturated rings. The molecule has 0 unspecified atom stereocenters. The van der Waals surface area contributed by atoms with Gasteiger partial charge in [0.15, 0.2) is 11.6 Å². The predicted octanol–water partition coefficient (Wildman–Crippen LogP) is 1.56. The monoisotopic (exact) mass is 448 g/mol. The molecule has 0 saturated heterocycles. The molecule has 3 rings (SSSR count). The van der Waals surface area contributed by atoms with Crippen LogP contribution in [0.4, 0.5) is 10.1 Å². The van der Waals surface area contributed by atoms with Gasteiger partial charge in [0.2, 0.25) is 11.3 Å². The van der Waals surface area contributed by atoms with E-state index in [2.05, 4.69) is 5.32 Å². The zero-order valence-corrected chi connectivity index (χ0v) is 18.6. The van der Waals surface area contributed by atoms with Crippen LogP contribution in [0.25, 0.3) is 10.9 Å². The molecule has 0 aliphatic heterocycles. The highest BCUT2D eigenvalue weighted by atomic mass is 19.1. The largest absolute Gasteiger partial charge is 0.492 e. The fraction of sp³-hybridized carbons (Fsp3) is 0.500. The third kappa shape index (κ3) is 4.55. The maximum atomic E-state index is 15.4. The average molecular weight is 448 g/mol. The molecule has 1 aliphatic rings. The number of aromatic nitrogens is 1. The van der Waals surface area contributed by atoms with Crippen molar-refractivity contribution < 1.29 is 23.5 Å². The van der Waals surface area contributed by atoms with E-state index in [1.165, 1.54) is 20.4 Å². The van der Waals surface area contributed by atoms with E-state index >= 15 is 4.39 Å². The zero-order valence-electron chi connectivity index (χ0n) is 18.6. The average Bonchev–Trinajstić information content (AvgIpc) is 3.63. The number of esters is 1. The van der Waals surface area contributed by atoms with E-state index in [0.717, 1.165) is 18.9 Å². The van der Waals surface area contributed by atoms with Gasteiger partial charge in [-0.3, -0.25) is 9.59 Å². The summed E-state index contributed by atoms with van der Waals surface area (Å²) in [4.78, 5) is 38.5. The summed E-state index contributed by atoms with van der Waals surface area (Å²) in [7, 11) is 2.60. The van der Waals surface area contributed by atoms with E-state index in [1.807, 2.05) is 0 Å². The van der Waals surface area contributed by atoms with E-state index in [1.54, 1.807) is 16.4 Å². The van der Waals surface area contributed by atoms with Crippen LogP contribution in [-0.4, -0.2) is 56.8 Å². The number of benzene rings is 1. The number of rotatable bonds is 10. The number of nitrogens with zero attached hydrogens (tertiary/aromatic N) is 2. The molecule has 1 heterocycles. The molecule has 3 N–H and O–H groups in total. The second kappa shape index (κ2) is 9.99. The van der Waals surface area contributed by atoms with Crippen molar-refractivity contribution in [2.45, 2.75) is 32.2 Å². The van der Waals surface area contributed by atoms with Gasteiger partial charge in [-0.25, -0.2) is 9.18 Å². The van der Waals surface area contributed by atoms with Gasteiger partial charge < -0.3 is 30.0 Å². The number of fused-ring (bicyclic) bond motifs is 1. The summed E-state index contributed by atoms with van der Waals surface area (Å²) in [5.41, 5.74) is 5.58. The highest BCUT2D eigenvalue weighted by Crippen LogP contribution is 2.43. The molecule has 174 valence electrons. The van der Waals surface area contributed by atoms with E-state index in [0.29, 0.717) is 31.6 Å². The van der Waals surface area contributed by atoms with Crippen molar-refractivity contribution in [2.24, 2.45) is 5.73 Å². The van der Waals surface area contributed by atoms with E-state index < -0.39 is 17.2 Å². The molecule has 0 atom stereocenters. The number of ether oxygens (including phenoxy) is 2. The first-order chi connectivity index (χ1) is 15.4. The van der Waals surface area contributed by atoms with Gasteiger partial charge in [-0.2, -0.15) is 0 Å². The van der Waals surface area contributed by atoms with E-state index in [-0.39, 0.29) is 40.9 Å². The second-order valence-corrected chi connectivity index (χ2v) is 7.62. The van der Waals surface area contributed by atoms with E-state index in [9.17, 15) is 14.4 Å². The fourth-order valence-electron chi connectivity index (χ4n) is 3.77. The smallest absolute Gasteiger partial charge is 0.343 e. The maximum Gasteiger partial charge on any atom is 0.343 e. The number of carbonyl (C=O) groups is 2. The number of nitrogens with one attached hydrogen (secondary N) is 1. The fourth-order valence-corrected chi connectivity index (χ4v) is 3.77. The number of carbonyl (C=O) groups excluding carboxylic acids is 2. The summed E-state index contributed by atoms with van der Waals surface area (Å²) in [6.45, 7) is 2.91. The van der Waals surface area contributed by atoms with Crippen LogP contribution in [0, 0.1) is 5.82 Å². The number of hydrogen-bond acceptors (Lipinski definition) is 7. The van der Waals surface area contributed by atoms with Crippen LogP contribution in [0.15, 0.2) is 17.1 Å². The second-order valence-electron chi connectivity index (χ2n) is 7.62. The van der Waals surface area contributed by atoms with Crippen molar-refractivity contribution in [1.82, 2.24) is 9.88 Å². The quantitative estimate of drug-likeness (QED) is 0.530. The molecule has 2 aromatic rings. The first kappa shape index (κ1) is 23.5. The van der Waals surface area contributed by atoms with Gasteiger partial charge in [0.25, 0.3) is 0 Å². The minimum absolute atomic E-state index is 0.0462. The molecular weight excluding hydrogens is 419 g/mol. The Balaban J connectivity index is 2.20. The minimum atomic E-state index is -0.772. The van der Waals surface area contributed by atoms with Gasteiger partial charge in [0.05, 0.1) is 25.1 Å². The van der Waals surface area contributed by atoms with Crippen molar-refractivity contribution in [1.29, 1.82) is 0 Å². The number of hydrogen-bond donors (Lipinski definition) is 2. The number of halogens is 1. The van der Waals surface area contributed by atoms with E-state index in [4.69, 9.17) is 15.2 Å². The van der Waals surface area contributed by atoms with Crippen LogP contribution in [-0.2, 0) is 9.53 Å². The molecule has 1 aromatic heterocycles. The maximum absolute atomic E-state index is 15.4. The Morgan fingerprint density at radius 2 is 2.03 bits per heavy atom. The van der Waals surface area contributed by atoms with Gasteiger partial charge in [-0.05, 0) is 18.9 Å². The van der Waals surface area contributed by atoms with Crippen LogP contribution in [0.3, 0.4) is 0 Å². The summed E-state index contributed by atoms with van der Waals surface area (Å²) in [6.07, 6.45) is 3.54. The summed E-state index contributed by atoms with van der Waals surface area (Å²) >= 11 is 0. The lowest BCUT2D eigenvalue weighted by molar-refractivity contribution is -0.120. The van der Waals surface area contributed by atoms with Gasteiger partial charge in [-0.1, -0.05) is 6.92 Å². The Bertz CT molecular complexity index is 1080. The number of anilines is 1. The van der Waals surface area contributed by atoms with Crippen molar-refractivity contribution >= 4 is 28.5 Å². The van der Waals surface area contributed by atoms with Crippen molar-refractivity contribution in [2.75, 3.05) is 45.3 Å². The summed E-state index contributed by atoms with van der Waals surface area (Å²) in [6, 6.07) is 1.20. The van der Waals surface area contributed by atoms with Gasteiger partial charge in [0, 0.05) is 44.8 Å². The first-order valence-electron chi connectivity index (χ1n) is 10.6. The van der Waals surface area contributed by atoms with Crippen molar-refractivity contribution in [3.63, 3.8) is 0 Å². The highest BCUT2D eigenvalue weighted by Gasteiger charge is 2.31. The van der Waals surface area contributed by atoms with Gasteiger partial charge in [0.1, 0.15) is 11.3 Å². The molecule has 10 heteroatoms. The Morgan fingerprint density at radius 3 is 2.59 bits per heavy atom. The lowest BCUT2D eigenvalue weighted by atomic mass is 10.1. The van der Waals surface area contributed by atoms with Crippen molar-refractivity contribution in [3.05, 3.63) is 33.9 Å². The minimum Gasteiger partial charge on any atom is -0.492 e. The normalized spacial score (nSPS) is 13.2. The summed E-state index contributed by atoms with van der Waals surface area (Å²) in [5, 5.41) is 2.82. The Labute approximate surface area is 185 Å². The van der Waals surface area contributed by atoms with Gasteiger partial charge >= 0.3 is 5.97 Å².